The second-order valence-electron chi connectivity index (χ2n) is 5.68. The molecule has 3 heteroatoms. The fourth-order valence-corrected chi connectivity index (χ4v) is 2.15. The number of nitrogens with zero attached hydrogens (tertiary/aromatic N) is 1. The Morgan fingerprint density at radius 3 is 2.44 bits per heavy atom. The van der Waals surface area contributed by atoms with Gasteiger partial charge in [-0.1, -0.05) is 33.0 Å². The van der Waals surface area contributed by atoms with Gasteiger partial charge in [0.05, 0.1) is 5.70 Å². The van der Waals surface area contributed by atoms with E-state index in [1.54, 1.807) is 0 Å². The van der Waals surface area contributed by atoms with Crippen molar-refractivity contribution < 1.29 is 0 Å². The standard InChI is InChI=1S/C13H24N2S/c1-6-15(5)12-10(9-11(12)16)14-8-7-13(2,3)4/h14H,6-9H2,1-5H3. The molecule has 0 spiro atoms. The lowest BCUT2D eigenvalue weighted by Gasteiger charge is -2.33. The monoisotopic (exact) mass is 240 g/mol. The highest BCUT2D eigenvalue weighted by Gasteiger charge is 2.25. The predicted octanol–water partition coefficient (Wildman–Crippen LogP) is 2.95. The SMILES string of the molecule is CCN(C)C1=C(NCCC(C)(C)C)CC1=S. The van der Waals surface area contributed by atoms with E-state index < -0.39 is 0 Å². The van der Waals surface area contributed by atoms with Crippen molar-refractivity contribution in [2.75, 3.05) is 20.1 Å². The summed E-state index contributed by atoms with van der Waals surface area (Å²) in [6.07, 6.45) is 2.14. The number of nitrogens with one attached hydrogen (secondary N) is 1. The van der Waals surface area contributed by atoms with Crippen LogP contribution in [0.2, 0.25) is 0 Å². The molecule has 0 fully saturated rings. The topological polar surface area (TPSA) is 15.3 Å². The summed E-state index contributed by atoms with van der Waals surface area (Å²) in [4.78, 5) is 3.33. The molecule has 92 valence electrons. The zero-order valence-electron chi connectivity index (χ0n) is 11.2. The molecule has 1 aliphatic carbocycles. The molecule has 0 saturated heterocycles. The summed E-state index contributed by atoms with van der Waals surface area (Å²) in [5.41, 5.74) is 2.99. The summed E-state index contributed by atoms with van der Waals surface area (Å²) in [7, 11) is 2.10. The van der Waals surface area contributed by atoms with Crippen LogP contribution in [0, 0.1) is 5.41 Å². The Morgan fingerprint density at radius 2 is 2.00 bits per heavy atom. The molecule has 0 aromatic heterocycles. The van der Waals surface area contributed by atoms with Gasteiger partial charge in [-0.2, -0.15) is 0 Å². The summed E-state index contributed by atoms with van der Waals surface area (Å²) >= 11 is 5.31. The van der Waals surface area contributed by atoms with Crippen LogP contribution >= 0.6 is 12.2 Å². The minimum absolute atomic E-state index is 0.397. The molecule has 1 rings (SSSR count). The van der Waals surface area contributed by atoms with Gasteiger partial charge in [0.25, 0.3) is 0 Å². The van der Waals surface area contributed by atoms with Crippen LogP contribution in [0.3, 0.4) is 0 Å². The number of allylic oxidation sites excluding steroid dienone is 2. The molecule has 0 saturated carbocycles. The molecule has 1 N–H and O–H groups in total. The average molecular weight is 240 g/mol. The number of hydrogen-bond acceptors (Lipinski definition) is 3. The van der Waals surface area contributed by atoms with Crippen LogP contribution in [-0.4, -0.2) is 29.9 Å². The first-order valence-corrected chi connectivity index (χ1v) is 6.47. The fraction of sp³-hybridized carbons (Fsp3) is 0.769. The smallest absolute Gasteiger partial charge is 0.0705 e. The molecule has 0 unspecified atom stereocenters. The second kappa shape index (κ2) is 5.17. The van der Waals surface area contributed by atoms with E-state index in [0.29, 0.717) is 5.41 Å². The van der Waals surface area contributed by atoms with E-state index in [0.717, 1.165) is 24.4 Å². The van der Waals surface area contributed by atoms with Crippen molar-refractivity contribution in [3.05, 3.63) is 11.4 Å². The van der Waals surface area contributed by atoms with Crippen molar-refractivity contribution in [3.63, 3.8) is 0 Å². The van der Waals surface area contributed by atoms with Gasteiger partial charge in [-0.3, -0.25) is 0 Å². The Balaban J connectivity index is 2.48. The third kappa shape index (κ3) is 3.48. The summed E-state index contributed by atoms with van der Waals surface area (Å²) < 4.78 is 0. The van der Waals surface area contributed by atoms with Crippen molar-refractivity contribution in [1.29, 1.82) is 0 Å². The lowest BCUT2D eigenvalue weighted by Crippen LogP contribution is -2.37. The van der Waals surface area contributed by atoms with Gasteiger partial charge in [0.15, 0.2) is 0 Å². The highest BCUT2D eigenvalue weighted by Crippen LogP contribution is 2.26. The predicted molar refractivity (Wildman–Crippen MR) is 74.6 cm³/mol. The van der Waals surface area contributed by atoms with Crippen LogP contribution in [-0.2, 0) is 0 Å². The largest absolute Gasteiger partial charge is 0.386 e. The zero-order valence-corrected chi connectivity index (χ0v) is 12.0. The van der Waals surface area contributed by atoms with Gasteiger partial charge in [-0.25, -0.2) is 0 Å². The third-order valence-corrected chi connectivity index (χ3v) is 3.29. The van der Waals surface area contributed by atoms with Gasteiger partial charge in [-0.05, 0) is 18.8 Å². The third-order valence-electron chi connectivity index (χ3n) is 2.96. The lowest BCUT2D eigenvalue weighted by molar-refractivity contribution is 0.369. The van der Waals surface area contributed by atoms with Crippen LogP contribution in [0.4, 0.5) is 0 Å². The van der Waals surface area contributed by atoms with Crippen LogP contribution in [0.1, 0.15) is 40.5 Å². The molecule has 0 radical (unpaired) electrons. The van der Waals surface area contributed by atoms with Gasteiger partial charge >= 0.3 is 0 Å². The van der Waals surface area contributed by atoms with Crippen LogP contribution in [0.25, 0.3) is 0 Å². The molecule has 1 aliphatic rings. The maximum absolute atomic E-state index is 5.31. The summed E-state index contributed by atoms with van der Waals surface area (Å²) in [5.74, 6) is 0. The summed E-state index contributed by atoms with van der Waals surface area (Å²) in [6.45, 7) is 11.0. The highest BCUT2D eigenvalue weighted by atomic mass is 32.1. The van der Waals surface area contributed by atoms with Gasteiger partial charge in [0.1, 0.15) is 0 Å². The minimum Gasteiger partial charge on any atom is -0.386 e. The van der Waals surface area contributed by atoms with Crippen molar-refractivity contribution in [2.24, 2.45) is 5.41 Å². The molecule has 0 heterocycles. The highest BCUT2D eigenvalue weighted by molar-refractivity contribution is 7.81. The van der Waals surface area contributed by atoms with Gasteiger partial charge in [0.2, 0.25) is 0 Å². The maximum Gasteiger partial charge on any atom is 0.0705 e. The number of rotatable bonds is 5. The Bertz CT molecular complexity index is 300. The van der Waals surface area contributed by atoms with E-state index in [1.807, 2.05) is 0 Å². The molecule has 0 atom stereocenters. The summed E-state index contributed by atoms with van der Waals surface area (Å²) in [6, 6.07) is 0. The molecule has 0 aromatic carbocycles. The summed E-state index contributed by atoms with van der Waals surface area (Å²) in [5, 5.41) is 3.52. The van der Waals surface area contributed by atoms with Crippen molar-refractivity contribution in [3.8, 4) is 0 Å². The Morgan fingerprint density at radius 1 is 1.38 bits per heavy atom. The minimum atomic E-state index is 0.397. The van der Waals surface area contributed by atoms with Gasteiger partial charge < -0.3 is 10.2 Å². The first-order chi connectivity index (χ1) is 7.35. The van der Waals surface area contributed by atoms with E-state index in [2.05, 4.69) is 45.0 Å². The molecule has 16 heavy (non-hydrogen) atoms. The Kier molecular flexibility index (Phi) is 4.36. The second-order valence-corrected chi connectivity index (χ2v) is 6.17. The fourth-order valence-electron chi connectivity index (χ4n) is 1.73. The first kappa shape index (κ1) is 13.5. The van der Waals surface area contributed by atoms with Crippen molar-refractivity contribution in [1.82, 2.24) is 10.2 Å². The van der Waals surface area contributed by atoms with Gasteiger partial charge in [-0.15, -0.1) is 0 Å². The molecule has 0 aromatic rings. The molecule has 2 nitrogen and oxygen atoms in total. The first-order valence-electron chi connectivity index (χ1n) is 6.06. The van der Waals surface area contributed by atoms with E-state index in [1.165, 1.54) is 17.8 Å². The van der Waals surface area contributed by atoms with Crippen LogP contribution < -0.4 is 5.32 Å². The zero-order chi connectivity index (χ0) is 12.3. The van der Waals surface area contributed by atoms with Crippen molar-refractivity contribution >= 4 is 17.1 Å². The lowest BCUT2D eigenvalue weighted by atomic mass is 9.92. The normalized spacial score (nSPS) is 16.2. The molecule has 0 aliphatic heterocycles. The van der Waals surface area contributed by atoms with Crippen molar-refractivity contribution in [2.45, 2.75) is 40.5 Å². The number of hydrogen-bond donors (Lipinski definition) is 1. The van der Waals surface area contributed by atoms with E-state index >= 15 is 0 Å². The maximum atomic E-state index is 5.31. The van der Waals surface area contributed by atoms with Crippen LogP contribution in [0.5, 0.6) is 0 Å². The van der Waals surface area contributed by atoms with E-state index in [4.69, 9.17) is 12.2 Å². The van der Waals surface area contributed by atoms with E-state index in [9.17, 15) is 0 Å². The molecule has 0 amide bonds. The molecule has 0 bridgehead atoms. The van der Waals surface area contributed by atoms with Gasteiger partial charge in [0, 0.05) is 37.1 Å². The average Bonchev–Trinajstić information content (AvgIpc) is 2.14. The Labute approximate surface area is 105 Å². The number of thiocarbonyl (C=S) groups is 1. The quantitative estimate of drug-likeness (QED) is 0.744. The molecular weight excluding hydrogens is 216 g/mol. The Hall–Kier alpha value is -0.570. The van der Waals surface area contributed by atoms with Crippen LogP contribution in [0.15, 0.2) is 11.4 Å². The molecular formula is C13H24N2S. The van der Waals surface area contributed by atoms with E-state index in [-0.39, 0.29) is 0 Å².